The molecule has 4 atom stereocenters. The van der Waals surface area contributed by atoms with Crippen molar-refractivity contribution in [3.05, 3.63) is 51.8 Å². The van der Waals surface area contributed by atoms with Gasteiger partial charge in [0.15, 0.2) is 5.69 Å². The van der Waals surface area contributed by atoms with Gasteiger partial charge in [-0.05, 0) is 51.0 Å². The number of para-hydroxylation sites is 1. The fourth-order valence-corrected chi connectivity index (χ4v) is 4.57. The number of rotatable bonds is 6. The zero-order valence-corrected chi connectivity index (χ0v) is 19.0. The number of hydrogen-bond donors (Lipinski definition) is 0. The number of ether oxygens (including phenoxy) is 1. The lowest BCUT2D eigenvalue weighted by atomic mass is 9.99. The Morgan fingerprint density at radius 2 is 2.00 bits per heavy atom. The molecule has 0 radical (unpaired) electrons. The van der Waals surface area contributed by atoms with Gasteiger partial charge in [0, 0.05) is 19.2 Å². The lowest BCUT2D eigenvalue weighted by Crippen LogP contribution is -2.38. The molecule has 174 valence electrons. The molecular formula is C24H29N5O4. The van der Waals surface area contributed by atoms with Crippen LogP contribution in [0.2, 0.25) is 0 Å². The molecule has 2 aromatic rings. The monoisotopic (exact) mass is 451 g/mol. The molecule has 0 bridgehead atoms. The van der Waals surface area contributed by atoms with Crippen LogP contribution in [0.15, 0.2) is 30.5 Å². The highest BCUT2D eigenvalue weighted by molar-refractivity contribution is 5.79. The van der Waals surface area contributed by atoms with Gasteiger partial charge in [0.1, 0.15) is 5.56 Å². The Kier molecular flexibility index (Phi) is 7.04. The summed E-state index contributed by atoms with van der Waals surface area (Å²) in [7, 11) is 0. The first-order chi connectivity index (χ1) is 15.9. The van der Waals surface area contributed by atoms with Crippen LogP contribution in [0.4, 0.5) is 5.69 Å². The molecule has 0 saturated carbocycles. The van der Waals surface area contributed by atoms with Gasteiger partial charge in [-0.15, -0.1) is 5.10 Å². The molecule has 4 rings (SSSR count). The van der Waals surface area contributed by atoms with Gasteiger partial charge in [-0.1, -0.05) is 30.2 Å². The van der Waals surface area contributed by atoms with E-state index in [0.717, 1.165) is 45.2 Å². The first-order valence-electron chi connectivity index (χ1n) is 11.5. The molecule has 2 aliphatic rings. The number of aromatic nitrogens is 3. The number of nitro benzene ring substituents is 1. The van der Waals surface area contributed by atoms with Gasteiger partial charge in [0.2, 0.25) is 5.91 Å². The Bertz CT molecular complexity index is 1070. The maximum Gasteiger partial charge on any atom is 0.284 e. The standard InChI is InChI=1S/C24H29N5O4/c1-17(15-21-11-12-23(33-21)18(2)24(30)27-13-5-6-14-27)28-16-20(25-26-28)10-9-19-7-3-4-8-22(19)29(31)32/h3-4,7-8,16-18,21,23H,5-6,11-15H2,1-2H3/t17-,18-,21+,23-/m1/s1. The van der Waals surface area contributed by atoms with Crippen LogP contribution in [0, 0.1) is 27.9 Å². The molecule has 9 nitrogen and oxygen atoms in total. The smallest absolute Gasteiger partial charge is 0.284 e. The van der Waals surface area contributed by atoms with Gasteiger partial charge < -0.3 is 9.64 Å². The number of nitrogens with zero attached hydrogens (tertiary/aromatic N) is 5. The predicted octanol–water partition coefficient (Wildman–Crippen LogP) is 3.34. The lowest BCUT2D eigenvalue weighted by Gasteiger charge is -2.25. The molecule has 3 heterocycles. The second-order valence-corrected chi connectivity index (χ2v) is 8.89. The summed E-state index contributed by atoms with van der Waals surface area (Å²) in [5, 5.41) is 19.4. The molecule has 0 unspecified atom stereocenters. The van der Waals surface area contributed by atoms with Crippen LogP contribution in [0.25, 0.3) is 0 Å². The van der Waals surface area contributed by atoms with E-state index in [-0.39, 0.29) is 35.8 Å². The summed E-state index contributed by atoms with van der Waals surface area (Å²) >= 11 is 0. The number of nitro groups is 1. The van der Waals surface area contributed by atoms with Crippen molar-refractivity contribution in [3.63, 3.8) is 0 Å². The SMILES string of the molecule is C[C@H](C[C@@H]1CC[C@H]([C@@H](C)C(=O)N2CCCC2)O1)n1cc(C#Cc2ccccc2[N+](=O)[O-])nn1. The zero-order chi connectivity index (χ0) is 23.4. The van der Waals surface area contributed by atoms with E-state index in [1.165, 1.54) is 6.07 Å². The van der Waals surface area contributed by atoms with E-state index in [1.54, 1.807) is 29.1 Å². The van der Waals surface area contributed by atoms with Gasteiger partial charge in [-0.3, -0.25) is 14.9 Å². The van der Waals surface area contributed by atoms with E-state index in [1.807, 2.05) is 18.7 Å². The Labute approximate surface area is 193 Å². The van der Waals surface area contributed by atoms with Crippen molar-refractivity contribution in [1.29, 1.82) is 0 Å². The van der Waals surface area contributed by atoms with Gasteiger partial charge in [-0.2, -0.15) is 0 Å². The molecular weight excluding hydrogens is 422 g/mol. The second-order valence-electron chi connectivity index (χ2n) is 8.89. The third kappa shape index (κ3) is 5.40. The Morgan fingerprint density at radius 1 is 1.24 bits per heavy atom. The Hall–Kier alpha value is -3.25. The third-order valence-electron chi connectivity index (χ3n) is 6.50. The summed E-state index contributed by atoms with van der Waals surface area (Å²) < 4.78 is 7.99. The molecule has 1 aromatic heterocycles. The summed E-state index contributed by atoms with van der Waals surface area (Å²) in [4.78, 5) is 25.3. The maximum atomic E-state index is 12.7. The average Bonchev–Trinajstić information content (AvgIpc) is 3.59. The van der Waals surface area contributed by atoms with Crippen molar-refractivity contribution in [2.45, 2.75) is 64.2 Å². The van der Waals surface area contributed by atoms with Crippen LogP contribution in [0.3, 0.4) is 0 Å². The molecule has 0 N–H and O–H groups in total. The first-order valence-corrected chi connectivity index (χ1v) is 11.5. The van der Waals surface area contributed by atoms with Crippen molar-refractivity contribution in [1.82, 2.24) is 19.9 Å². The fourth-order valence-electron chi connectivity index (χ4n) is 4.57. The van der Waals surface area contributed by atoms with Crippen molar-refractivity contribution < 1.29 is 14.5 Å². The van der Waals surface area contributed by atoms with E-state index >= 15 is 0 Å². The Balaban J connectivity index is 1.33. The van der Waals surface area contributed by atoms with E-state index in [0.29, 0.717) is 11.3 Å². The van der Waals surface area contributed by atoms with Gasteiger partial charge in [0.05, 0.1) is 35.3 Å². The number of likely N-dealkylation sites (tertiary alicyclic amines) is 1. The summed E-state index contributed by atoms with van der Waals surface area (Å²) in [6, 6.07) is 6.41. The molecule has 2 fully saturated rings. The van der Waals surface area contributed by atoms with Crippen LogP contribution in [0.1, 0.15) is 63.3 Å². The predicted molar refractivity (Wildman–Crippen MR) is 121 cm³/mol. The van der Waals surface area contributed by atoms with Crippen LogP contribution in [0.5, 0.6) is 0 Å². The molecule has 2 aliphatic heterocycles. The summed E-state index contributed by atoms with van der Waals surface area (Å²) in [5.74, 6) is 5.78. The number of hydrogen-bond acceptors (Lipinski definition) is 6. The van der Waals surface area contributed by atoms with E-state index < -0.39 is 4.92 Å². The number of benzene rings is 1. The maximum absolute atomic E-state index is 12.7. The minimum absolute atomic E-state index is 0.0314. The molecule has 1 aromatic carbocycles. The highest BCUT2D eigenvalue weighted by Gasteiger charge is 2.36. The molecule has 9 heteroatoms. The summed E-state index contributed by atoms with van der Waals surface area (Å²) in [5.41, 5.74) is 0.763. The summed E-state index contributed by atoms with van der Waals surface area (Å²) in [6.45, 7) is 5.76. The zero-order valence-electron chi connectivity index (χ0n) is 19.0. The minimum atomic E-state index is -0.447. The minimum Gasteiger partial charge on any atom is -0.374 e. The number of carbonyl (C=O) groups is 1. The third-order valence-corrected chi connectivity index (χ3v) is 6.50. The van der Waals surface area contributed by atoms with Gasteiger partial charge in [-0.25, -0.2) is 4.68 Å². The van der Waals surface area contributed by atoms with Crippen molar-refractivity contribution >= 4 is 11.6 Å². The molecule has 1 amide bonds. The molecule has 0 aliphatic carbocycles. The van der Waals surface area contributed by atoms with Crippen molar-refractivity contribution in [2.24, 2.45) is 5.92 Å². The molecule has 33 heavy (non-hydrogen) atoms. The summed E-state index contributed by atoms with van der Waals surface area (Å²) in [6.07, 6.45) is 6.56. The number of carbonyl (C=O) groups excluding carboxylic acids is 1. The average molecular weight is 452 g/mol. The van der Waals surface area contributed by atoms with Crippen molar-refractivity contribution in [3.8, 4) is 11.8 Å². The quantitative estimate of drug-likeness (QED) is 0.379. The number of amides is 1. The largest absolute Gasteiger partial charge is 0.374 e. The highest BCUT2D eigenvalue weighted by atomic mass is 16.6. The molecule has 0 spiro atoms. The fraction of sp³-hybridized carbons (Fsp3) is 0.542. The molecule has 2 saturated heterocycles. The van der Waals surface area contributed by atoms with Crippen molar-refractivity contribution in [2.75, 3.05) is 13.1 Å². The highest BCUT2D eigenvalue weighted by Crippen LogP contribution is 2.31. The van der Waals surface area contributed by atoms with Crippen LogP contribution in [-0.2, 0) is 9.53 Å². The van der Waals surface area contributed by atoms with Crippen LogP contribution in [-0.4, -0.2) is 56.0 Å². The van der Waals surface area contributed by atoms with Gasteiger partial charge >= 0.3 is 0 Å². The topological polar surface area (TPSA) is 103 Å². The van der Waals surface area contributed by atoms with Gasteiger partial charge in [0.25, 0.3) is 5.69 Å². The normalized spacial score (nSPS) is 21.9. The first kappa shape index (κ1) is 22.9. The second kappa shape index (κ2) is 10.1. The van der Waals surface area contributed by atoms with E-state index in [9.17, 15) is 14.9 Å². The van der Waals surface area contributed by atoms with E-state index in [2.05, 4.69) is 22.2 Å². The van der Waals surface area contributed by atoms with Crippen LogP contribution >= 0.6 is 0 Å². The van der Waals surface area contributed by atoms with E-state index in [4.69, 9.17) is 4.74 Å². The van der Waals surface area contributed by atoms with Crippen LogP contribution < -0.4 is 0 Å². The lowest BCUT2D eigenvalue weighted by molar-refractivity contribution is -0.385. The Morgan fingerprint density at radius 3 is 2.76 bits per heavy atom.